The number of nitrogens with zero attached hydrogens (tertiary/aromatic N) is 1. The van der Waals surface area contributed by atoms with Gasteiger partial charge in [0.15, 0.2) is 5.78 Å². The van der Waals surface area contributed by atoms with Crippen LogP contribution in [0.1, 0.15) is 36.5 Å². The molecule has 2 rings (SSSR count). The van der Waals surface area contributed by atoms with E-state index in [0.29, 0.717) is 12.4 Å². The number of nitro benzene ring substituents is 1. The molecular weight excluding hydrogens is 234 g/mol. The van der Waals surface area contributed by atoms with Crippen LogP contribution in [0.2, 0.25) is 0 Å². The molecule has 1 aromatic rings. The fourth-order valence-electron chi connectivity index (χ4n) is 1.80. The van der Waals surface area contributed by atoms with Gasteiger partial charge < -0.3 is 4.74 Å². The second-order valence-corrected chi connectivity index (χ2v) is 4.57. The molecule has 1 saturated carbocycles. The fraction of sp³-hybridized carbons (Fsp3) is 0.462. The van der Waals surface area contributed by atoms with E-state index in [4.69, 9.17) is 4.74 Å². The highest BCUT2D eigenvalue weighted by molar-refractivity contribution is 5.98. The molecule has 96 valence electrons. The maximum Gasteiger partial charge on any atom is 0.283 e. The van der Waals surface area contributed by atoms with E-state index in [1.807, 2.05) is 0 Å². The molecule has 0 N–H and O–H groups in total. The topological polar surface area (TPSA) is 69.4 Å². The van der Waals surface area contributed by atoms with E-state index in [9.17, 15) is 14.9 Å². The Morgan fingerprint density at radius 2 is 2.22 bits per heavy atom. The number of rotatable bonds is 6. The zero-order valence-electron chi connectivity index (χ0n) is 10.2. The van der Waals surface area contributed by atoms with E-state index >= 15 is 0 Å². The van der Waals surface area contributed by atoms with Crippen LogP contribution in [0.15, 0.2) is 18.2 Å². The Balaban J connectivity index is 2.08. The lowest BCUT2D eigenvalue weighted by atomic mass is 10.1. The number of nitro groups is 1. The van der Waals surface area contributed by atoms with E-state index in [-0.39, 0.29) is 17.0 Å². The number of ether oxygens (including phenoxy) is 1. The number of Topliss-reactive ketones (excluding diaryl/α,β-unsaturated/α-hetero) is 1. The number of benzene rings is 1. The van der Waals surface area contributed by atoms with Crippen LogP contribution in [-0.4, -0.2) is 17.3 Å². The Morgan fingerprint density at radius 3 is 2.78 bits per heavy atom. The first-order valence-corrected chi connectivity index (χ1v) is 6.00. The Labute approximate surface area is 105 Å². The van der Waals surface area contributed by atoms with Crippen molar-refractivity contribution < 1.29 is 14.5 Å². The van der Waals surface area contributed by atoms with Gasteiger partial charge in [0.2, 0.25) is 0 Å². The molecule has 0 amide bonds. The lowest BCUT2D eigenvalue weighted by Crippen LogP contribution is -2.03. The molecule has 0 aliphatic heterocycles. The van der Waals surface area contributed by atoms with Gasteiger partial charge in [0.25, 0.3) is 5.69 Å². The highest BCUT2D eigenvalue weighted by Crippen LogP contribution is 2.32. The third-order valence-electron chi connectivity index (χ3n) is 3.04. The lowest BCUT2D eigenvalue weighted by molar-refractivity contribution is -0.385. The molecule has 0 saturated heterocycles. The molecule has 1 fully saturated rings. The fourth-order valence-corrected chi connectivity index (χ4v) is 1.80. The average Bonchev–Trinajstić information content (AvgIpc) is 3.12. The number of carbonyl (C=O) groups excluding carboxylic acids is 1. The molecule has 5 nitrogen and oxygen atoms in total. The van der Waals surface area contributed by atoms with Gasteiger partial charge in [-0.05, 0) is 31.4 Å². The van der Waals surface area contributed by atoms with Crippen molar-refractivity contribution in [1.82, 2.24) is 0 Å². The maximum absolute atomic E-state index is 11.2. The van der Waals surface area contributed by atoms with Crippen LogP contribution >= 0.6 is 0 Å². The summed E-state index contributed by atoms with van der Waals surface area (Å²) in [6.45, 7) is 1.89. The van der Waals surface area contributed by atoms with Crippen molar-refractivity contribution >= 4 is 11.5 Å². The third-order valence-corrected chi connectivity index (χ3v) is 3.04. The van der Waals surface area contributed by atoms with Gasteiger partial charge in [-0.1, -0.05) is 12.8 Å². The van der Waals surface area contributed by atoms with Crippen LogP contribution in [-0.2, 0) is 0 Å². The average molecular weight is 249 g/mol. The third kappa shape index (κ3) is 3.06. The standard InChI is InChI=1S/C13H15NO4/c1-9(15)12-5-4-11(8-13(12)14(16)17)18-7-6-10-2-3-10/h4-5,8,10H,2-3,6-7H2,1H3. The Hall–Kier alpha value is -1.91. The van der Waals surface area contributed by atoms with Crippen molar-refractivity contribution in [2.24, 2.45) is 5.92 Å². The van der Waals surface area contributed by atoms with Gasteiger partial charge >= 0.3 is 0 Å². The molecule has 0 radical (unpaired) electrons. The Kier molecular flexibility index (Phi) is 3.60. The lowest BCUT2D eigenvalue weighted by Gasteiger charge is -2.06. The van der Waals surface area contributed by atoms with Gasteiger partial charge in [0.05, 0.1) is 23.2 Å². The highest BCUT2D eigenvalue weighted by Gasteiger charge is 2.21. The highest BCUT2D eigenvalue weighted by atomic mass is 16.6. The van der Waals surface area contributed by atoms with Gasteiger partial charge in [-0.15, -0.1) is 0 Å². The van der Waals surface area contributed by atoms with Gasteiger partial charge in [0.1, 0.15) is 5.75 Å². The van der Waals surface area contributed by atoms with Crippen molar-refractivity contribution in [3.05, 3.63) is 33.9 Å². The van der Waals surface area contributed by atoms with Crippen molar-refractivity contribution in [3.8, 4) is 5.75 Å². The molecule has 0 aromatic heterocycles. The zero-order valence-corrected chi connectivity index (χ0v) is 10.2. The minimum atomic E-state index is -0.551. The minimum Gasteiger partial charge on any atom is -0.493 e. The summed E-state index contributed by atoms with van der Waals surface area (Å²) in [5, 5.41) is 10.9. The molecule has 1 aliphatic carbocycles. The molecule has 0 atom stereocenters. The number of carbonyl (C=O) groups is 1. The summed E-state index contributed by atoms with van der Waals surface area (Å²) >= 11 is 0. The second-order valence-electron chi connectivity index (χ2n) is 4.57. The molecule has 5 heteroatoms. The van der Waals surface area contributed by atoms with E-state index < -0.39 is 4.92 Å². The summed E-state index contributed by atoms with van der Waals surface area (Å²) in [7, 11) is 0. The SMILES string of the molecule is CC(=O)c1ccc(OCCC2CC2)cc1[N+](=O)[O-]. The van der Waals surface area contributed by atoms with Gasteiger partial charge in [-0.25, -0.2) is 0 Å². The van der Waals surface area contributed by atoms with Crippen molar-refractivity contribution in [2.75, 3.05) is 6.61 Å². The summed E-state index contributed by atoms with van der Waals surface area (Å²) in [6.07, 6.45) is 3.50. The predicted molar refractivity (Wildman–Crippen MR) is 65.9 cm³/mol. The van der Waals surface area contributed by atoms with E-state index in [2.05, 4.69) is 0 Å². The summed E-state index contributed by atoms with van der Waals surface area (Å²) in [5.74, 6) is 0.898. The number of hydrogen-bond acceptors (Lipinski definition) is 4. The molecule has 1 aromatic carbocycles. The summed E-state index contributed by atoms with van der Waals surface area (Å²) in [5.41, 5.74) is -0.0686. The largest absolute Gasteiger partial charge is 0.493 e. The normalized spacial score (nSPS) is 14.3. The quantitative estimate of drug-likeness (QED) is 0.441. The summed E-state index contributed by atoms with van der Waals surface area (Å²) in [4.78, 5) is 21.6. The monoisotopic (exact) mass is 249 g/mol. The van der Waals surface area contributed by atoms with Gasteiger partial charge in [-0.3, -0.25) is 14.9 Å². The number of ketones is 1. The van der Waals surface area contributed by atoms with Crippen molar-refractivity contribution in [3.63, 3.8) is 0 Å². The van der Waals surface area contributed by atoms with E-state index in [1.165, 1.54) is 31.9 Å². The predicted octanol–water partition coefficient (Wildman–Crippen LogP) is 2.98. The van der Waals surface area contributed by atoms with Crippen LogP contribution in [0, 0.1) is 16.0 Å². The maximum atomic E-state index is 11.2. The van der Waals surface area contributed by atoms with Crippen LogP contribution in [0.4, 0.5) is 5.69 Å². The first-order chi connectivity index (χ1) is 8.58. The zero-order chi connectivity index (χ0) is 13.1. The molecule has 1 aliphatic rings. The van der Waals surface area contributed by atoms with Gasteiger partial charge in [0, 0.05) is 0 Å². The molecule has 0 unspecified atom stereocenters. The Morgan fingerprint density at radius 1 is 1.50 bits per heavy atom. The van der Waals surface area contributed by atoms with Crippen LogP contribution in [0.25, 0.3) is 0 Å². The summed E-state index contributed by atoms with van der Waals surface area (Å²) < 4.78 is 5.47. The molecule has 0 bridgehead atoms. The van der Waals surface area contributed by atoms with E-state index in [0.717, 1.165) is 12.3 Å². The molecule has 18 heavy (non-hydrogen) atoms. The second kappa shape index (κ2) is 5.16. The van der Waals surface area contributed by atoms with Crippen molar-refractivity contribution in [1.29, 1.82) is 0 Å². The first kappa shape index (κ1) is 12.5. The van der Waals surface area contributed by atoms with Crippen LogP contribution < -0.4 is 4.74 Å². The Bertz CT molecular complexity index is 480. The van der Waals surface area contributed by atoms with Crippen LogP contribution in [0.3, 0.4) is 0 Å². The van der Waals surface area contributed by atoms with Gasteiger partial charge in [-0.2, -0.15) is 0 Å². The molecule has 0 heterocycles. The minimum absolute atomic E-state index is 0.120. The van der Waals surface area contributed by atoms with Crippen molar-refractivity contribution in [2.45, 2.75) is 26.2 Å². The number of hydrogen-bond donors (Lipinski definition) is 0. The summed E-state index contributed by atoms with van der Waals surface area (Å²) in [6, 6.07) is 4.38. The smallest absolute Gasteiger partial charge is 0.283 e. The first-order valence-electron chi connectivity index (χ1n) is 6.00. The van der Waals surface area contributed by atoms with E-state index in [1.54, 1.807) is 6.07 Å². The molecular formula is C13H15NO4. The molecule has 0 spiro atoms. The van der Waals surface area contributed by atoms with Crippen LogP contribution in [0.5, 0.6) is 5.75 Å².